The molecular weight excluding hydrogens is 351 g/mol. The second-order valence-electron chi connectivity index (χ2n) is 5.43. The third-order valence-corrected chi connectivity index (χ3v) is 4.23. The van der Waals surface area contributed by atoms with E-state index in [1.165, 1.54) is 16.7 Å². The van der Waals surface area contributed by atoms with Gasteiger partial charge in [0.15, 0.2) is 5.69 Å². The zero-order valence-electron chi connectivity index (χ0n) is 12.4. The van der Waals surface area contributed by atoms with E-state index in [1.54, 1.807) is 24.3 Å². The highest BCUT2D eigenvalue weighted by atomic mass is 32.1. The summed E-state index contributed by atoms with van der Waals surface area (Å²) in [6.45, 7) is 0. The second-order valence-corrected chi connectivity index (χ2v) is 5.80. The largest absolute Gasteiger partial charge is 0.416 e. The lowest BCUT2D eigenvalue weighted by atomic mass is 10.1. The monoisotopic (exact) mass is 359 g/mol. The van der Waals surface area contributed by atoms with Crippen LogP contribution in [0.15, 0.2) is 48.5 Å². The van der Waals surface area contributed by atoms with Crippen LogP contribution >= 0.6 is 12.2 Å². The van der Waals surface area contributed by atoms with Crippen molar-refractivity contribution < 1.29 is 18.0 Å². The standard InChI is InChI=1S/C17H8F3N3OS/c18-17(19,20)9-5-7-10(8-6-9)23-14-11-3-1-2-4-12(11)15(24)13(14)21-22-16(23)25/h1-8H. The fraction of sp³-hybridized carbons (Fsp3) is 0.0588. The Kier molecular flexibility index (Phi) is 3.33. The third-order valence-electron chi connectivity index (χ3n) is 3.97. The van der Waals surface area contributed by atoms with Gasteiger partial charge < -0.3 is 0 Å². The van der Waals surface area contributed by atoms with E-state index in [2.05, 4.69) is 10.2 Å². The molecule has 1 aliphatic rings. The molecule has 1 aliphatic carbocycles. The number of carbonyl (C=O) groups is 1. The number of aromatic nitrogens is 3. The maximum Gasteiger partial charge on any atom is 0.416 e. The van der Waals surface area contributed by atoms with Crippen molar-refractivity contribution in [3.63, 3.8) is 0 Å². The van der Waals surface area contributed by atoms with Crippen molar-refractivity contribution in [2.75, 3.05) is 0 Å². The van der Waals surface area contributed by atoms with Gasteiger partial charge in [-0.25, -0.2) is 0 Å². The number of hydrogen-bond donors (Lipinski definition) is 0. The number of hydrogen-bond acceptors (Lipinski definition) is 4. The molecule has 1 heterocycles. The van der Waals surface area contributed by atoms with Crippen LogP contribution in [0.2, 0.25) is 0 Å². The van der Waals surface area contributed by atoms with Crippen molar-refractivity contribution in [1.29, 1.82) is 0 Å². The summed E-state index contributed by atoms with van der Waals surface area (Å²) < 4.78 is 39.9. The van der Waals surface area contributed by atoms with Gasteiger partial charge >= 0.3 is 6.18 Å². The molecule has 0 aliphatic heterocycles. The van der Waals surface area contributed by atoms with E-state index in [9.17, 15) is 18.0 Å². The van der Waals surface area contributed by atoms with Gasteiger partial charge in [0.05, 0.1) is 11.3 Å². The Labute approximate surface area is 144 Å². The molecule has 4 nitrogen and oxygen atoms in total. The van der Waals surface area contributed by atoms with Crippen LogP contribution in [0.4, 0.5) is 13.2 Å². The number of fused-ring (bicyclic) bond motifs is 3. The van der Waals surface area contributed by atoms with E-state index < -0.39 is 11.7 Å². The van der Waals surface area contributed by atoms with Gasteiger partial charge in [-0.2, -0.15) is 13.2 Å². The number of benzene rings is 2. The van der Waals surface area contributed by atoms with Crippen molar-refractivity contribution in [3.8, 4) is 16.9 Å². The summed E-state index contributed by atoms with van der Waals surface area (Å²) in [5, 5.41) is 7.71. The first-order valence-electron chi connectivity index (χ1n) is 7.19. The number of halogens is 3. The Morgan fingerprint density at radius 3 is 2.20 bits per heavy atom. The van der Waals surface area contributed by atoms with Gasteiger partial charge in [-0.05, 0) is 36.5 Å². The zero-order chi connectivity index (χ0) is 17.8. The van der Waals surface area contributed by atoms with Gasteiger partial charge in [0.2, 0.25) is 10.6 Å². The maximum atomic E-state index is 12.8. The Morgan fingerprint density at radius 2 is 1.56 bits per heavy atom. The van der Waals surface area contributed by atoms with Crippen LogP contribution in [-0.2, 0) is 6.18 Å². The first-order chi connectivity index (χ1) is 11.9. The number of ketones is 1. The van der Waals surface area contributed by atoms with Crippen LogP contribution in [-0.4, -0.2) is 20.5 Å². The van der Waals surface area contributed by atoms with Crippen molar-refractivity contribution in [2.24, 2.45) is 0 Å². The average Bonchev–Trinajstić information content (AvgIpc) is 2.87. The van der Waals surface area contributed by atoms with Crippen molar-refractivity contribution in [1.82, 2.24) is 14.8 Å². The number of alkyl halides is 3. The lowest BCUT2D eigenvalue weighted by molar-refractivity contribution is -0.137. The quantitative estimate of drug-likeness (QED) is 0.477. The smallest absolute Gasteiger partial charge is 0.287 e. The summed E-state index contributed by atoms with van der Waals surface area (Å²) in [5.41, 5.74) is 1.29. The fourth-order valence-electron chi connectivity index (χ4n) is 2.84. The normalized spacial score (nSPS) is 12.8. The van der Waals surface area contributed by atoms with Gasteiger partial charge in [0.25, 0.3) is 0 Å². The number of carbonyl (C=O) groups excluding carboxylic acids is 1. The second kappa shape index (κ2) is 5.32. The molecular formula is C17H8F3N3OS. The molecule has 25 heavy (non-hydrogen) atoms. The van der Waals surface area contributed by atoms with Crippen LogP contribution in [0, 0.1) is 4.77 Å². The molecule has 1 aromatic heterocycles. The Balaban J connectivity index is 1.97. The van der Waals surface area contributed by atoms with Crippen LogP contribution in [0.25, 0.3) is 16.9 Å². The molecule has 0 N–H and O–H groups in total. The van der Waals surface area contributed by atoms with E-state index in [-0.39, 0.29) is 16.2 Å². The average molecular weight is 359 g/mol. The van der Waals surface area contributed by atoms with Gasteiger partial charge in [-0.15, -0.1) is 10.2 Å². The van der Waals surface area contributed by atoms with Gasteiger partial charge in [0.1, 0.15) is 0 Å². The van der Waals surface area contributed by atoms with Crippen LogP contribution in [0.1, 0.15) is 21.6 Å². The third kappa shape index (κ3) is 2.37. The van der Waals surface area contributed by atoms with E-state index in [1.807, 2.05) is 0 Å². The molecule has 0 spiro atoms. The van der Waals surface area contributed by atoms with Gasteiger partial charge in [-0.3, -0.25) is 9.36 Å². The number of rotatable bonds is 1. The lowest BCUT2D eigenvalue weighted by Gasteiger charge is -2.13. The van der Waals surface area contributed by atoms with Crippen molar-refractivity contribution in [2.45, 2.75) is 6.18 Å². The van der Waals surface area contributed by atoms with Crippen molar-refractivity contribution >= 4 is 18.0 Å². The van der Waals surface area contributed by atoms with E-state index >= 15 is 0 Å². The summed E-state index contributed by atoms with van der Waals surface area (Å²) >= 11 is 5.21. The molecule has 0 saturated heterocycles. The van der Waals surface area contributed by atoms with Crippen LogP contribution in [0.3, 0.4) is 0 Å². The van der Waals surface area contributed by atoms with E-state index in [4.69, 9.17) is 12.2 Å². The molecule has 0 radical (unpaired) electrons. The highest BCUT2D eigenvalue weighted by Gasteiger charge is 2.33. The molecule has 3 aromatic rings. The van der Waals surface area contributed by atoms with Gasteiger partial charge in [0, 0.05) is 16.8 Å². The molecule has 0 saturated carbocycles. The van der Waals surface area contributed by atoms with Crippen molar-refractivity contribution in [3.05, 3.63) is 70.1 Å². The lowest BCUT2D eigenvalue weighted by Crippen LogP contribution is -2.10. The summed E-state index contributed by atoms with van der Waals surface area (Å²) in [4.78, 5) is 12.5. The summed E-state index contributed by atoms with van der Waals surface area (Å²) in [6.07, 6.45) is -4.43. The van der Waals surface area contributed by atoms with E-state index in [0.29, 0.717) is 22.5 Å². The molecule has 124 valence electrons. The highest BCUT2D eigenvalue weighted by Crippen LogP contribution is 2.37. The summed E-state index contributed by atoms with van der Waals surface area (Å²) in [5.74, 6) is -0.284. The minimum atomic E-state index is -4.43. The van der Waals surface area contributed by atoms with Crippen LogP contribution in [0.5, 0.6) is 0 Å². The molecule has 0 atom stereocenters. The SMILES string of the molecule is O=C1c2ccccc2-c2c1nnc(=S)n2-c1ccc(C(F)(F)F)cc1. The molecule has 2 aromatic carbocycles. The Hall–Kier alpha value is -2.87. The highest BCUT2D eigenvalue weighted by molar-refractivity contribution is 7.71. The fourth-order valence-corrected chi connectivity index (χ4v) is 3.08. The Morgan fingerprint density at radius 1 is 0.920 bits per heavy atom. The van der Waals surface area contributed by atoms with Gasteiger partial charge in [-0.1, -0.05) is 24.3 Å². The zero-order valence-corrected chi connectivity index (χ0v) is 13.2. The molecule has 8 heteroatoms. The predicted molar refractivity (Wildman–Crippen MR) is 86.1 cm³/mol. The summed E-state index contributed by atoms with van der Waals surface area (Å²) in [6, 6.07) is 11.4. The maximum absolute atomic E-state index is 12.8. The Bertz CT molecular complexity index is 1070. The minimum Gasteiger partial charge on any atom is -0.287 e. The van der Waals surface area contributed by atoms with E-state index in [0.717, 1.165) is 12.1 Å². The molecule has 0 unspecified atom stereocenters. The first kappa shape index (κ1) is 15.6. The minimum absolute atomic E-state index is 0.0583. The first-order valence-corrected chi connectivity index (χ1v) is 7.60. The molecule has 0 bridgehead atoms. The molecule has 4 rings (SSSR count). The summed E-state index contributed by atoms with van der Waals surface area (Å²) in [7, 11) is 0. The molecule has 0 fully saturated rings. The predicted octanol–water partition coefficient (Wildman–Crippen LogP) is 4.23. The molecule has 0 amide bonds. The topological polar surface area (TPSA) is 47.8 Å². The van der Waals surface area contributed by atoms with Crippen LogP contribution < -0.4 is 0 Å². The number of nitrogens with zero attached hydrogens (tertiary/aromatic N) is 3.